The molecule has 0 bridgehead atoms. The lowest BCUT2D eigenvalue weighted by atomic mass is 10.0. The number of benzene rings is 1. The summed E-state index contributed by atoms with van der Waals surface area (Å²) in [6.07, 6.45) is 1.35. The summed E-state index contributed by atoms with van der Waals surface area (Å²) in [6.45, 7) is 1.91. The number of aromatic hydroxyl groups is 2. The van der Waals surface area contributed by atoms with E-state index in [0.717, 1.165) is 12.5 Å². The standard InChI is InChI=1S/C10H12O4/c1-2-3-6-4-8(11)9(12)5-7(6)10(13)14/h4-5,11-12H,2-3H2,1H3,(H,13,14). The molecule has 4 heteroatoms. The minimum atomic E-state index is -1.09. The second kappa shape index (κ2) is 4.00. The molecule has 0 atom stereocenters. The molecule has 0 fully saturated rings. The fraction of sp³-hybridized carbons (Fsp3) is 0.300. The molecule has 0 aliphatic rings. The summed E-state index contributed by atoms with van der Waals surface area (Å²) in [5, 5.41) is 27.1. The van der Waals surface area contributed by atoms with Crippen molar-refractivity contribution in [2.45, 2.75) is 19.8 Å². The van der Waals surface area contributed by atoms with E-state index in [1.165, 1.54) is 6.07 Å². The van der Waals surface area contributed by atoms with Crippen LogP contribution in [0.25, 0.3) is 0 Å². The van der Waals surface area contributed by atoms with Crippen LogP contribution in [0.2, 0.25) is 0 Å². The zero-order valence-corrected chi connectivity index (χ0v) is 7.82. The van der Waals surface area contributed by atoms with E-state index in [9.17, 15) is 9.90 Å². The molecule has 1 aromatic rings. The number of phenolic OH excluding ortho intramolecular Hbond substituents is 2. The first-order valence-electron chi connectivity index (χ1n) is 4.34. The molecule has 0 aliphatic carbocycles. The SMILES string of the molecule is CCCc1cc(O)c(O)cc1C(=O)O. The Morgan fingerprint density at radius 3 is 2.36 bits per heavy atom. The highest BCUT2D eigenvalue weighted by molar-refractivity contribution is 5.90. The highest BCUT2D eigenvalue weighted by atomic mass is 16.4. The molecule has 0 saturated carbocycles. The normalized spacial score (nSPS) is 10.1. The lowest BCUT2D eigenvalue weighted by molar-refractivity contribution is 0.0695. The van der Waals surface area contributed by atoms with Crippen LogP contribution in [0.15, 0.2) is 12.1 Å². The lowest BCUT2D eigenvalue weighted by Gasteiger charge is -2.06. The number of carboxylic acids is 1. The molecule has 0 spiro atoms. The molecular formula is C10H12O4. The van der Waals surface area contributed by atoms with Crippen LogP contribution in [0.5, 0.6) is 11.5 Å². The summed E-state index contributed by atoms with van der Waals surface area (Å²) < 4.78 is 0. The summed E-state index contributed by atoms with van der Waals surface area (Å²) >= 11 is 0. The molecule has 0 heterocycles. The second-order valence-corrected chi connectivity index (χ2v) is 3.05. The third-order valence-electron chi connectivity index (χ3n) is 1.95. The minimum absolute atomic E-state index is 0.0437. The maximum atomic E-state index is 10.8. The Balaban J connectivity index is 3.24. The molecule has 76 valence electrons. The number of hydrogen-bond donors (Lipinski definition) is 3. The third kappa shape index (κ3) is 1.96. The molecule has 0 aromatic heterocycles. The van der Waals surface area contributed by atoms with Gasteiger partial charge in [-0.05, 0) is 24.1 Å². The van der Waals surface area contributed by atoms with Gasteiger partial charge in [-0.3, -0.25) is 0 Å². The minimum Gasteiger partial charge on any atom is -0.504 e. The summed E-state index contributed by atoms with van der Waals surface area (Å²) in [7, 11) is 0. The van der Waals surface area contributed by atoms with Gasteiger partial charge in [0.25, 0.3) is 0 Å². The van der Waals surface area contributed by atoms with Crippen LogP contribution >= 0.6 is 0 Å². The van der Waals surface area contributed by atoms with E-state index in [-0.39, 0.29) is 11.3 Å². The average molecular weight is 196 g/mol. The van der Waals surface area contributed by atoms with Crippen molar-refractivity contribution in [3.05, 3.63) is 23.3 Å². The van der Waals surface area contributed by atoms with Crippen LogP contribution in [-0.2, 0) is 6.42 Å². The number of phenols is 2. The smallest absolute Gasteiger partial charge is 0.336 e. The number of carbonyl (C=O) groups is 1. The fourth-order valence-electron chi connectivity index (χ4n) is 1.30. The molecule has 1 aromatic carbocycles. The van der Waals surface area contributed by atoms with E-state index in [1.54, 1.807) is 0 Å². The molecule has 0 radical (unpaired) electrons. The quantitative estimate of drug-likeness (QED) is 0.643. The van der Waals surface area contributed by atoms with Crippen molar-refractivity contribution in [2.75, 3.05) is 0 Å². The maximum Gasteiger partial charge on any atom is 0.336 e. The highest BCUT2D eigenvalue weighted by Crippen LogP contribution is 2.28. The zero-order chi connectivity index (χ0) is 10.7. The number of aromatic carboxylic acids is 1. The van der Waals surface area contributed by atoms with Gasteiger partial charge in [-0.15, -0.1) is 0 Å². The molecule has 0 amide bonds. The fourth-order valence-corrected chi connectivity index (χ4v) is 1.30. The van der Waals surface area contributed by atoms with Gasteiger partial charge in [-0.2, -0.15) is 0 Å². The van der Waals surface area contributed by atoms with Crippen LogP contribution < -0.4 is 0 Å². The molecule has 14 heavy (non-hydrogen) atoms. The van der Waals surface area contributed by atoms with E-state index in [4.69, 9.17) is 10.2 Å². The number of aryl methyl sites for hydroxylation is 1. The topological polar surface area (TPSA) is 77.8 Å². The summed E-state index contributed by atoms with van der Waals surface area (Å²) in [5.41, 5.74) is 0.581. The molecular weight excluding hydrogens is 184 g/mol. The molecule has 1 rings (SSSR count). The van der Waals surface area contributed by atoms with Crippen molar-refractivity contribution in [1.29, 1.82) is 0 Å². The van der Waals surface area contributed by atoms with Crippen molar-refractivity contribution in [2.24, 2.45) is 0 Å². The van der Waals surface area contributed by atoms with Gasteiger partial charge in [0, 0.05) is 0 Å². The highest BCUT2D eigenvalue weighted by Gasteiger charge is 2.13. The van der Waals surface area contributed by atoms with Crippen molar-refractivity contribution in [1.82, 2.24) is 0 Å². The number of rotatable bonds is 3. The largest absolute Gasteiger partial charge is 0.504 e. The first-order chi connectivity index (χ1) is 6.56. The zero-order valence-electron chi connectivity index (χ0n) is 7.82. The monoisotopic (exact) mass is 196 g/mol. The van der Waals surface area contributed by atoms with Gasteiger partial charge in [0.2, 0.25) is 0 Å². The van der Waals surface area contributed by atoms with Gasteiger partial charge >= 0.3 is 5.97 Å². The lowest BCUT2D eigenvalue weighted by Crippen LogP contribution is -2.02. The van der Waals surface area contributed by atoms with Crippen LogP contribution in [-0.4, -0.2) is 21.3 Å². The number of hydrogen-bond acceptors (Lipinski definition) is 3. The summed E-state index contributed by atoms with van der Waals surface area (Å²) in [5.74, 6) is -1.77. The van der Waals surface area contributed by atoms with E-state index in [1.807, 2.05) is 6.92 Å². The van der Waals surface area contributed by atoms with E-state index >= 15 is 0 Å². The van der Waals surface area contributed by atoms with Crippen molar-refractivity contribution in [3.8, 4) is 11.5 Å². The third-order valence-corrected chi connectivity index (χ3v) is 1.95. The Hall–Kier alpha value is -1.71. The van der Waals surface area contributed by atoms with Crippen LogP contribution in [0.1, 0.15) is 29.3 Å². The predicted molar refractivity (Wildman–Crippen MR) is 50.7 cm³/mol. The first kappa shape index (κ1) is 10.4. The molecule has 4 nitrogen and oxygen atoms in total. The predicted octanol–water partition coefficient (Wildman–Crippen LogP) is 1.75. The van der Waals surface area contributed by atoms with Gasteiger partial charge in [-0.25, -0.2) is 4.79 Å². The van der Waals surface area contributed by atoms with Gasteiger partial charge in [0.1, 0.15) is 0 Å². The Morgan fingerprint density at radius 2 is 1.86 bits per heavy atom. The molecule has 0 saturated heterocycles. The van der Waals surface area contributed by atoms with E-state index in [0.29, 0.717) is 12.0 Å². The van der Waals surface area contributed by atoms with Gasteiger partial charge < -0.3 is 15.3 Å². The van der Waals surface area contributed by atoms with Gasteiger partial charge in [-0.1, -0.05) is 13.3 Å². The Morgan fingerprint density at radius 1 is 1.29 bits per heavy atom. The summed E-state index contributed by atoms with van der Waals surface area (Å²) in [4.78, 5) is 10.8. The van der Waals surface area contributed by atoms with Crippen molar-refractivity contribution in [3.63, 3.8) is 0 Å². The van der Waals surface area contributed by atoms with Crippen molar-refractivity contribution >= 4 is 5.97 Å². The Bertz CT molecular complexity index is 357. The van der Waals surface area contributed by atoms with Gasteiger partial charge in [0.05, 0.1) is 5.56 Å². The van der Waals surface area contributed by atoms with Crippen LogP contribution in [0, 0.1) is 0 Å². The molecule has 0 aliphatic heterocycles. The maximum absolute atomic E-state index is 10.8. The first-order valence-corrected chi connectivity index (χ1v) is 4.34. The Kier molecular flexibility index (Phi) is 2.96. The molecule has 0 unspecified atom stereocenters. The average Bonchev–Trinajstić information content (AvgIpc) is 2.11. The Labute approximate surface area is 81.4 Å². The van der Waals surface area contributed by atoms with Crippen LogP contribution in [0.3, 0.4) is 0 Å². The van der Waals surface area contributed by atoms with E-state index < -0.39 is 11.7 Å². The number of carboxylic acid groups (broad SMARTS) is 1. The summed E-state index contributed by atoms with van der Waals surface area (Å²) in [6, 6.07) is 2.37. The van der Waals surface area contributed by atoms with Crippen LogP contribution in [0.4, 0.5) is 0 Å². The molecule has 3 N–H and O–H groups in total. The van der Waals surface area contributed by atoms with Crippen molar-refractivity contribution < 1.29 is 20.1 Å². The second-order valence-electron chi connectivity index (χ2n) is 3.05. The van der Waals surface area contributed by atoms with E-state index in [2.05, 4.69) is 0 Å². The van der Waals surface area contributed by atoms with Gasteiger partial charge in [0.15, 0.2) is 11.5 Å².